The summed E-state index contributed by atoms with van der Waals surface area (Å²) in [4.78, 5) is 22.6. The van der Waals surface area contributed by atoms with Gasteiger partial charge in [-0.3, -0.25) is 4.79 Å². The Labute approximate surface area is 126 Å². The van der Waals surface area contributed by atoms with Gasteiger partial charge in [-0.2, -0.15) is 0 Å². The number of amides is 1. The van der Waals surface area contributed by atoms with Crippen LogP contribution in [0.15, 0.2) is 18.2 Å². The molecule has 0 spiro atoms. The molecule has 0 aromatic heterocycles. The SMILES string of the molecule is CC(=O)CCCCCCCNC(=O)c1cccc(C)c1[O-]. The number of rotatable bonds is 9. The number of benzene rings is 1. The van der Waals surface area contributed by atoms with Gasteiger partial charge in [0.1, 0.15) is 5.78 Å². The van der Waals surface area contributed by atoms with Gasteiger partial charge in [-0.15, -0.1) is 0 Å². The summed E-state index contributed by atoms with van der Waals surface area (Å²) in [7, 11) is 0. The van der Waals surface area contributed by atoms with Gasteiger partial charge in [0.25, 0.3) is 5.91 Å². The monoisotopic (exact) mass is 290 g/mol. The molecule has 0 fully saturated rings. The van der Waals surface area contributed by atoms with Crippen molar-refractivity contribution in [3.8, 4) is 5.75 Å². The number of unbranched alkanes of at least 4 members (excludes halogenated alkanes) is 4. The number of para-hydroxylation sites is 1. The molecule has 4 nitrogen and oxygen atoms in total. The molecule has 116 valence electrons. The molecule has 0 aliphatic carbocycles. The molecule has 0 unspecified atom stereocenters. The molecule has 0 aliphatic rings. The molecular formula is C17H24NO3-. The molecule has 1 amide bonds. The van der Waals surface area contributed by atoms with Gasteiger partial charge in [0.05, 0.1) is 0 Å². The Kier molecular flexibility index (Phi) is 7.51. The van der Waals surface area contributed by atoms with Gasteiger partial charge < -0.3 is 15.2 Å². The van der Waals surface area contributed by atoms with Crippen LogP contribution in [0.1, 0.15) is 61.4 Å². The lowest BCUT2D eigenvalue weighted by Crippen LogP contribution is -2.25. The van der Waals surface area contributed by atoms with Gasteiger partial charge in [0.15, 0.2) is 0 Å². The highest BCUT2D eigenvalue weighted by atomic mass is 16.3. The lowest BCUT2D eigenvalue weighted by Gasteiger charge is -2.15. The van der Waals surface area contributed by atoms with Crippen LogP contribution in [0.4, 0.5) is 0 Å². The molecule has 0 atom stereocenters. The average Bonchev–Trinajstić information content (AvgIpc) is 2.44. The molecular weight excluding hydrogens is 266 g/mol. The number of hydrogen-bond donors (Lipinski definition) is 1. The van der Waals surface area contributed by atoms with Crippen molar-refractivity contribution in [3.05, 3.63) is 29.3 Å². The fourth-order valence-electron chi connectivity index (χ4n) is 2.16. The summed E-state index contributed by atoms with van der Waals surface area (Å²) >= 11 is 0. The van der Waals surface area contributed by atoms with Crippen LogP contribution in [0, 0.1) is 6.92 Å². The summed E-state index contributed by atoms with van der Waals surface area (Å²) in [5, 5.41) is 14.6. The van der Waals surface area contributed by atoms with E-state index in [-0.39, 0.29) is 23.0 Å². The number of nitrogens with one attached hydrogen (secondary N) is 1. The van der Waals surface area contributed by atoms with E-state index in [0.717, 1.165) is 32.1 Å². The third-order valence-corrected chi connectivity index (χ3v) is 3.45. The Balaban J connectivity index is 2.17. The first-order valence-electron chi connectivity index (χ1n) is 7.56. The van der Waals surface area contributed by atoms with Crippen LogP contribution in [0.2, 0.25) is 0 Å². The molecule has 0 saturated carbocycles. The van der Waals surface area contributed by atoms with Gasteiger partial charge in [-0.05, 0) is 26.7 Å². The molecule has 21 heavy (non-hydrogen) atoms. The molecule has 0 heterocycles. The predicted octanol–water partition coefficient (Wildman–Crippen LogP) is 2.73. The van der Waals surface area contributed by atoms with Crippen molar-refractivity contribution in [3.63, 3.8) is 0 Å². The molecule has 1 aromatic carbocycles. The van der Waals surface area contributed by atoms with Gasteiger partial charge >= 0.3 is 0 Å². The van der Waals surface area contributed by atoms with E-state index in [0.29, 0.717) is 18.5 Å². The second kappa shape index (κ2) is 9.16. The van der Waals surface area contributed by atoms with E-state index in [1.54, 1.807) is 32.0 Å². The van der Waals surface area contributed by atoms with Gasteiger partial charge in [0.2, 0.25) is 0 Å². The van der Waals surface area contributed by atoms with E-state index >= 15 is 0 Å². The van der Waals surface area contributed by atoms with Gasteiger partial charge in [0, 0.05) is 18.5 Å². The van der Waals surface area contributed by atoms with Crippen molar-refractivity contribution in [1.29, 1.82) is 0 Å². The summed E-state index contributed by atoms with van der Waals surface area (Å²) < 4.78 is 0. The fourth-order valence-corrected chi connectivity index (χ4v) is 2.16. The van der Waals surface area contributed by atoms with E-state index in [4.69, 9.17) is 0 Å². The summed E-state index contributed by atoms with van der Waals surface area (Å²) in [6.45, 7) is 3.91. The smallest absolute Gasteiger partial charge is 0.250 e. The lowest BCUT2D eigenvalue weighted by atomic mass is 10.1. The van der Waals surface area contributed by atoms with Crippen LogP contribution in [-0.2, 0) is 4.79 Å². The number of carbonyl (C=O) groups excluding carboxylic acids is 2. The lowest BCUT2D eigenvalue weighted by molar-refractivity contribution is -0.269. The molecule has 1 rings (SSSR count). The summed E-state index contributed by atoms with van der Waals surface area (Å²) in [5.41, 5.74) is 0.810. The van der Waals surface area contributed by atoms with Crippen molar-refractivity contribution in [1.82, 2.24) is 5.32 Å². The minimum atomic E-state index is -0.291. The molecule has 0 saturated heterocycles. The molecule has 0 bridgehead atoms. The largest absolute Gasteiger partial charge is 0.872 e. The average molecular weight is 290 g/mol. The quantitative estimate of drug-likeness (QED) is 0.711. The normalized spacial score (nSPS) is 10.4. The van der Waals surface area contributed by atoms with E-state index in [2.05, 4.69) is 5.32 Å². The second-order valence-corrected chi connectivity index (χ2v) is 5.43. The first-order chi connectivity index (χ1) is 10.0. The molecule has 1 aromatic rings. The summed E-state index contributed by atoms with van der Waals surface area (Å²) in [6.07, 6.45) is 5.65. The van der Waals surface area contributed by atoms with Crippen molar-refractivity contribution in [2.24, 2.45) is 0 Å². The zero-order chi connectivity index (χ0) is 15.7. The number of Topliss-reactive ketones (excluding diaryl/α,β-unsaturated/α-hetero) is 1. The Morgan fingerprint density at radius 1 is 1.10 bits per heavy atom. The van der Waals surface area contributed by atoms with E-state index in [1.165, 1.54) is 0 Å². The topological polar surface area (TPSA) is 69.2 Å². The minimum absolute atomic E-state index is 0.195. The first kappa shape index (κ1) is 17.2. The zero-order valence-corrected chi connectivity index (χ0v) is 12.9. The molecule has 4 heteroatoms. The highest BCUT2D eigenvalue weighted by Gasteiger charge is 2.06. The summed E-state index contributed by atoms with van der Waals surface area (Å²) in [5.74, 6) is -0.242. The first-order valence-corrected chi connectivity index (χ1v) is 7.56. The van der Waals surface area contributed by atoms with Crippen LogP contribution < -0.4 is 10.4 Å². The zero-order valence-electron chi connectivity index (χ0n) is 12.9. The van der Waals surface area contributed by atoms with Crippen molar-refractivity contribution < 1.29 is 14.7 Å². The Hall–Kier alpha value is -1.84. The van der Waals surface area contributed by atoms with Crippen LogP contribution in [0.3, 0.4) is 0 Å². The standard InChI is InChI=1S/C17H25NO3/c1-13-9-8-11-15(16(13)20)17(21)18-12-7-5-3-4-6-10-14(2)19/h8-9,11,20H,3-7,10,12H2,1-2H3,(H,18,21)/p-1. The molecule has 0 radical (unpaired) electrons. The van der Waals surface area contributed by atoms with E-state index < -0.39 is 0 Å². The van der Waals surface area contributed by atoms with Crippen molar-refractivity contribution in [2.75, 3.05) is 6.54 Å². The third-order valence-electron chi connectivity index (χ3n) is 3.45. The number of carbonyl (C=O) groups is 2. The summed E-state index contributed by atoms with van der Waals surface area (Å²) in [6, 6.07) is 4.99. The van der Waals surface area contributed by atoms with Crippen LogP contribution >= 0.6 is 0 Å². The van der Waals surface area contributed by atoms with E-state index in [9.17, 15) is 14.7 Å². The number of aryl methyl sites for hydroxylation is 1. The van der Waals surface area contributed by atoms with Crippen LogP contribution in [0.25, 0.3) is 0 Å². The van der Waals surface area contributed by atoms with Gasteiger partial charge in [-0.25, -0.2) is 0 Å². The fraction of sp³-hybridized carbons (Fsp3) is 0.529. The maximum atomic E-state index is 11.9. The maximum absolute atomic E-state index is 11.9. The molecule has 0 aliphatic heterocycles. The van der Waals surface area contributed by atoms with Crippen LogP contribution in [0.5, 0.6) is 5.75 Å². The minimum Gasteiger partial charge on any atom is -0.872 e. The van der Waals surface area contributed by atoms with Crippen molar-refractivity contribution >= 4 is 11.7 Å². The van der Waals surface area contributed by atoms with Gasteiger partial charge in [-0.1, -0.05) is 48.8 Å². The Bertz CT molecular complexity index is 483. The molecule has 1 N–H and O–H groups in total. The van der Waals surface area contributed by atoms with Crippen LogP contribution in [-0.4, -0.2) is 18.2 Å². The number of hydrogen-bond acceptors (Lipinski definition) is 3. The van der Waals surface area contributed by atoms with E-state index in [1.807, 2.05) is 0 Å². The maximum Gasteiger partial charge on any atom is 0.250 e. The highest BCUT2D eigenvalue weighted by molar-refractivity contribution is 5.96. The highest BCUT2D eigenvalue weighted by Crippen LogP contribution is 2.17. The third kappa shape index (κ3) is 6.43. The predicted molar refractivity (Wildman–Crippen MR) is 81.3 cm³/mol. The second-order valence-electron chi connectivity index (χ2n) is 5.43. The van der Waals surface area contributed by atoms with Crippen molar-refractivity contribution in [2.45, 2.75) is 52.4 Å². The Morgan fingerprint density at radius 2 is 1.76 bits per heavy atom. The number of ketones is 1. The Morgan fingerprint density at radius 3 is 2.48 bits per heavy atom.